The van der Waals surface area contributed by atoms with Gasteiger partial charge in [-0.25, -0.2) is 0 Å². The normalized spacial score (nSPS) is 15.5. The fraction of sp³-hybridized carbons (Fsp3) is 0.391. The first-order valence-electron chi connectivity index (χ1n) is 10.3. The highest BCUT2D eigenvalue weighted by molar-refractivity contribution is 6.35. The van der Waals surface area contributed by atoms with Crippen molar-refractivity contribution in [2.24, 2.45) is 5.92 Å². The minimum atomic E-state index is -0.327. The molecule has 1 saturated heterocycles. The van der Waals surface area contributed by atoms with E-state index in [1.54, 1.807) is 42.5 Å². The highest BCUT2D eigenvalue weighted by atomic mass is 35.5. The predicted octanol–water partition coefficient (Wildman–Crippen LogP) is 4.33. The van der Waals surface area contributed by atoms with E-state index in [-0.39, 0.29) is 17.9 Å². The molecule has 31 heavy (non-hydrogen) atoms. The number of amides is 2. The summed E-state index contributed by atoms with van der Waals surface area (Å²) in [6, 6.07) is 11.7. The van der Waals surface area contributed by atoms with E-state index in [1.807, 2.05) is 0 Å². The van der Waals surface area contributed by atoms with E-state index < -0.39 is 0 Å². The van der Waals surface area contributed by atoms with Crippen LogP contribution in [-0.4, -0.2) is 55.6 Å². The third-order valence-corrected chi connectivity index (χ3v) is 5.72. The number of carbonyl (C=O) groups is 2. The molecule has 1 atom stereocenters. The number of rotatable bonds is 7. The largest absolute Gasteiger partial charge is 0.379 e. The van der Waals surface area contributed by atoms with Crippen LogP contribution in [0.1, 0.15) is 34.6 Å². The Labute approximate surface area is 192 Å². The molecule has 2 aromatic rings. The first-order valence-corrected chi connectivity index (χ1v) is 11.1. The van der Waals surface area contributed by atoms with E-state index in [0.717, 1.165) is 26.3 Å². The van der Waals surface area contributed by atoms with Crippen molar-refractivity contribution in [2.45, 2.75) is 19.9 Å². The summed E-state index contributed by atoms with van der Waals surface area (Å²) in [6.07, 6.45) is 0. The second-order valence-corrected chi connectivity index (χ2v) is 8.73. The molecule has 2 N–H and O–H groups in total. The standard InChI is InChI=1S/C23H27Cl2N3O3/c1-15(2)21(28-7-9-31-10-8-28)14-26-22(29)16-3-5-20(6-4-16)27-23(30)17-11-18(24)13-19(25)12-17/h3-6,11-13,15,21H,7-10,14H2,1-2H3,(H,26,29)(H,27,30). The van der Waals surface area contributed by atoms with Gasteiger partial charge < -0.3 is 15.4 Å². The maximum atomic E-state index is 12.6. The van der Waals surface area contributed by atoms with Gasteiger partial charge in [-0.3, -0.25) is 14.5 Å². The Morgan fingerprint density at radius 1 is 0.968 bits per heavy atom. The number of hydrogen-bond acceptors (Lipinski definition) is 4. The second kappa shape index (κ2) is 11.0. The molecule has 8 heteroatoms. The highest BCUT2D eigenvalue weighted by Gasteiger charge is 2.24. The molecule has 1 heterocycles. The van der Waals surface area contributed by atoms with Crippen molar-refractivity contribution in [1.82, 2.24) is 10.2 Å². The second-order valence-electron chi connectivity index (χ2n) is 7.86. The monoisotopic (exact) mass is 463 g/mol. The number of carbonyl (C=O) groups excluding carboxylic acids is 2. The zero-order chi connectivity index (χ0) is 22.4. The Morgan fingerprint density at radius 2 is 1.58 bits per heavy atom. The van der Waals surface area contributed by atoms with Crippen molar-refractivity contribution in [3.8, 4) is 0 Å². The molecule has 1 fully saturated rings. The molecule has 1 aliphatic rings. The Bertz CT molecular complexity index is 893. The molecule has 0 saturated carbocycles. The topological polar surface area (TPSA) is 70.7 Å². The number of hydrogen-bond donors (Lipinski definition) is 2. The van der Waals surface area contributed by atoms with Crippen LogP contribution in [0.4, 0.5) is 5.69 Å². The maximum absolute atomic E-state index is 12.6. The molecule has 2 aromatic carbocycles. The third kappa shape index (κ3) is 6.68. The summed E-state index contributed by atoms with van der Waals surface area (Å²) in [5.41, 5.74) is 1.47. The molecule has 2 amide bonds. The molecule has 0 bridgehead atoms. The Kier molecular flexibility index (Phi) is 8.32. The van der Waals surface area contributed by atoms with E-state index in [0.29, 0.717) is 39.3 Å². The van der Waals surface area contributed by atoms with Gasteiger partial charge in [-0.05, 0) is 48.4 Å². The number of nitrogens with zero attached hydrogens (tertiary/aromatic N) is 1. The van der Waals surface area contributed by atoms with Gasteiger partial charge in [0.25, 0.3) is 11.8 Å². The van der Waals surface area contributed by atoms with Crippen molar-refractivity contribution >= 4 is 40.7 Å². The number of morpholine rings is 1. The molecule has 166 valence electrons. The number of benzene rings is 2. The summed E-state index contributed by atoms with van der Waals surface area (Å²) in [4.78, 5) is 27.4. The summed E-state index contributed by atoms with van der Waals surface area (Å²) >= 11 is 11.9. The maximum Gasteiger partial charge on any atom is 0.255 e. The lowest BCUT2D eigenvalue weighted by molar-refractivity contribution is 0.00672. The molecule has 1 aliphatic heterocycles. The van der Waals surface area contributed by atoms with Crippen molar-refractivity contribution in [3.05, 3.63) is 63.6 Å². The fourth-order valence-electron chi connectivity index (χ4n) is 3.59. The third-order valence-electron chi connectivity index (χ3n) is 5.29. The van der Waals surface area contributed by atoms with Gasteiger partial charge in [-0.2, -0.15) is 0 Å². The number of anilines is 1. The summed E-state index contributed by atoms with van der Waals surface area (Å²) in [6.45, 7) is 8.12. The van der Waals surface area contributed by atoms with E-state index in [2.05, 4.69) is 29.4 Å². The van der Waals surface area contributed by atoms with Crippen LogP contribution in [0.2, 0.25) is 10.0 Å². The summed E-state index contributed by atoms with van der Waals surface area (Å²) in [5, 5.41) is 6.60. The van der Waals surface area contributed by atoms with Crippen molar-refractivity contribution in [3.63, 3.8) is 0 Å². The molecule has 0 aromatic heterocycles. The van der Waals surface area contributed by atoms with Gasteiger partial charge in [-0.1, -0.05) is 37.0 Å². The lowest BCUT2D eigenvalue weighted by atomic mass is 10.0. The predicted molar refractivity (Wildman–Crippen MR) is 124 cm³/mol. The van der Waals surface area contributed by atoms with Crippen LogP contribution in [0.15, 0.2) is 42.5 Å². The first-order chi connectivity index (χ1) is 14.8. The van der Waals surface area contributed by atoms with Gasteiger partial charge in [0, 0.05) is 52.5 Å². The van der Waals surface area contributed by atoms with Gasteiger partial charge in [-0.15, -0.1) is 0 Å². The minimum Gasteiger partial charge on any atom is -0.379 e. The molecule has 1 unspecified atom stereocenters. The molecular weight excluding hydrogens is 437 g/mol. The minimum absolute atomic E-state index is 0.140. The zero-order valence-corrected chi connectivity index (χ0v) is 19.2. The van der Waals surface area contributed by atoms with Crippen LogP contribution in [0, 0.1) is 5.92 Å². The average molecular weight is 464 g/mol. The zero-order valence-electron chi connectivity index (χ0n) is 17.7. The summed E-state index contributed by atoms with van der Waals surface area (Å²) in [7, 11) is 0. The molecule has 0 radical (unpaired) electrons. The number of nitrogens with one attached hydrogen (secondary N) is 2. The van der Waals surface area contributed by atoms with E-state index in [9.17, 15) is 9.59 Å². The smallest absolute Gasteiger partial charge is 0.255 e. The van der Waals surface area contributed by atoms with E-state index in [4.69, 9.17) is 27.9 Å². The Balaban J connectivity index is 1.57. The van der Waals surface area contributed by atoms with Gasteiger partial charge in [0.1, 0.15) is 0 Å². The number of halogens is 2. The highest BCUT2D eigenvalue weighted by Crippen LogP contribution is 2.20. The van der Waals surface area contributed by atoms with Crippen molar-refractivity contribution in [1.29, 1.82) is 0 Å². The van der Waals surface area contributed by atoms with Crippen LogP contribution in [0.25, 0.3) is 0 Å². The fourth-order valence-corrected chi connectivity index (χ4v) is 4.11. The lowest BCUT2D eigenvalue weighted by Crippen LogP contribution is -2.51. The van der Waals surface area contributed by atoms with E-state index >= 15 is 0 Å². The lowest BCUT2D eigenvalue weighted by Gasteiger charge is -2.36. The van der Waals surface area contributed by atoms with Crippen LogP contribution < -0.4 is 10.6 Å². The molecular formula is C23H27Cl2N3O3. The van der Waals surface area contributed by atoms with Gasteiger partial charge in [0.2, 0.25) is 0 Å². The van der Waals surface area contributed by atoms with E-state index in [1.165, 1.54) is 0 Å². The van der Waals surface area contributed by atoms with Gasteiger partial charge in [0.15, 0.2) is 0 Å². The van der Waals surface area contributed by atoms with Crippen molar-refractivity contribution in [2.75, 3.05) is 38.2 Å². The number of ether oxygens (including phenoxy) is 1. The average Bonchev–Trinajstić information content (AvgIpc) is 2.74. The molecule has 3 rings (SSSR count). The molecule has 6 nitrogen and oxygen atoms in total. The SMILES string of the molecule is CC(C)C(CNC(=O)c1ccc(NC(=O)c2cc(Cl)cc(Cl)c2)cc1)N1CCOCC1. The van der Waals surface area contributed by atoms with Crippen LogP contribution in [-0.2, 0) is 4.74 Å². The summed E-state index contributed by atoms with van der Waals surface area (Å²) < 4.78 is 5.43. The summed E-state index contributed by atoms with van der Waals surface area (Å²) in [5.74, 6) is -0.0544. The van der Waals surface area contributed by atoms with Crippen molar-refractivity contribution < 1.29 is 14.3 Å². The van der Waals surface area contributed by atoms with Crippen LogP contribution in [0.5, 0.6) is 0 Å². The first kappa shape index (κ1) is 23.5. The molecule has 0 aliphatic carbocycles. The molecule has 0 spiro atoms. The van der Waals surface area contributed by atoms with Crippen LogP contribution >= 0.6 is 23.2 Å². The van der Waals surface area contributed by atoms with Gasteiger partial charge >= 0.3 is 0 Å². The van der Waals surface area contributed by atoms with Gasteiger partial charge in [0.05, 0.1) is 13.2 Å². The Morgan fingerprint density at radius 3 is 2.16 bits per heavy atom. The Hall–Kier alpha value is -2.12. The quantitative estimate of drug-likeness (QED) is 0.640. The van der Waals surface area contributed by atoms with Crippen LogP contribution in [0.3, 0.4) is 0 Å².